The number of hydrogen-bond acceptors (Lipinski definition) is 1. The molecule has 0 unspecified atom stereocenters. The first-order valence-corrected chi connectivity index (χ1v) is 7.40. The Morgan fingerprint density at radius 3 is 2.32 bits per heavy atom. The zero-order valence-electron chi connectivity index (χ0n) is 12.9. The van der Waals surface area contributed by atoms with Crippen LogP contribution in [0, 0.1) is 6.92 Å². The van der Waals surface area contributed by atoms with Crippen LogP contribution in [0.3, 0.4) is 0 Å². The van der Waals surface area contributed by atoms with E-state index in [0.717, 1.165) is 11.4 Å². The Balaban J connectivity index is 2.00. The lowest BCUT2D eigenvalue weighted by atomic mass is 10.1. The van der Waals surface area contributed by atoms with Crippen LogP contribution >= 0.6 is 0 Å². The summed E-state index contributed by atoms with van der Waals surface area (Å²) in [6.45, 7) is 2.13. The van der Waals surface area contributed by atoms with Crippen molar-refractivity contribution in [2.45, 2.75) is 6.92 Å². The second-order valence-electron chi connectivity index (χ2n) is 5.31. The first-order valence-electron chi connectivity index (χ1n) is 7.40. The minimum absolute atomic E-state index is 0.935. The molecule has 2 aromatic carbocycles. The van der Waals surface area contributed by atoms with Crippen molar-refractivity contribution in [3.8, 4) is 11.3 Å². The normalized spacial score (nSPS) is 11.0. The SMILES string of the molecule is Cc1ccccc1-c1cccc(N=Cc2ccccc2)[n+]1C. The predicted molar refractivity (Wildman–Crippen MR) is 91.5 cm³/mol. The van der Waals surface area contributed by atoms with Gasteiger partial charge in [-0.2, -0.15) is 0 Å². The number of hydrogen-bond donors (Lipinski definition) is 0. The Hall–Kier alpha value is -2.74. The van der Waals surface area contributed by atoms with Gasteiger partial charge in [-0.15, -0.1) is 0 Å². The summed E-state index contributed by atoms with van der Waals surface area (Å²) in [6.07, 6.45) is 1.90. The Labute approximate surface area is 131 Å². The van der Waals surface area contributed by atoms with E-state index in [9.17, 15) is 0 Å². The topological polar surface area (TPSA) is 16.2 Å². The molecule has 0 aliphatic heterocycles. The van der Waals surface area contributed by atoms with Crippen molar-refractivity contribution < 1.29 is 4.57 Å². The molecule has 3 rings (SSSR count). The van der Waals surface area contributed by atoms with Crippen molar-refractivity contribution >= 4 is 12.0 Å². The molecule has 108 valence electrons. The van der Waals surface area contributed by atoms with Gasteiger partial charge in [-0.3, -0.25) is 0 Å². The maximum atomic E-state index is 4.63. The van der Waals surface area contributed by atoms with Crippen molar-refractivity contribution in [3.05, 3.63) is 83.9 Å². The summed E-state index contributed by atoms with van der Waals surface area (Å²) in [7, 11) is 2.06. The predicted octanol–water partition coefficient (Wildman–Crippen LogP) is 4.24. The maximum Gasteiger partial charge on any atom is 0.323 e. The number of pyridine rings is 1. The van der Waals surface area contributed by atoms with Crippen LogP contribution in [0.25, 0.3) is 11.3 Å². The fourth-order valence-corrected chi connectivity index (χ4v) is 2.51. The third-order valence-electron chi connectivity index (χ3n) is 3.77. The van der Waals surface area contributed by atoms with Crippen molar-refractivity contribution in [2.75, 3.05) is 0 Å². The average molecular weight is 287 g/mol. The molecule has 0 aliphatic rings. The summed E-state index contributed by atoms with van der Waals surface area (Å²) in [5.41, 5.74) is 4.77. The second kappa shape index (κ2) is 6.35. The zero-order chi connectivity index (χ0) is 15.4. The number of aryl methyl sites for hydroxylation is 1. The van der Waals surface area contributed by atoms with Gasteiger partial charge in [0.2, 0.25) is 0 Å². The zero-order valence-corrected chi connectivity index (χ0v) is 12.9. The van der Waals surface area contributed by atoms with Gasteiger partial charge in [-0.25, -0.2) is 4.57 Å². The van der Waals surface area contributed by atoms with E-state index in [-0.39, 0.29) is 0 Å². The highest BCUT2D eigenvalue weighted by Crippen LogP contribution is 2.21. The maximum absolute atomic E-state index is 4.63. The smallest absolute Gasteiger partial charge is 0.226 e. The third-order valence-corrected chi connectivity index (χ3v) is 3.77. The lowest BCUT2D eigenvalue weighted by molar-refractivity contribution is -0.647. The molecule has 0 spiro atoms. The van der Waals surface area contributed by atoms with Gasteiger partial charge >= 0.3 is 5.82 Å². The van der Waals surface area contributed by atoms with Gasteiger partial charge in [0, 0.05) is 17.2 Å². The number of aliphatic imine (C=N–C) groups is 1. The minimum atomic E-state index is 0.935. The van der Waals surface area contributed by atoms with E-state index < -0.39 is 0 Å². The number of rotatable bonds is 3. The lowest BCUT2D eigenvalue weighted by Crippen LogP contribution is -2.31. The molecular weight excluding hydrogens is 268 g/mol. The molecule has 3 aromatic rings. The molecule has 0 saturated carbocycles. The van der Waals surface area contributed by atoms with Crippen LogP contribution in [0.2, 0.25) is 0 Å². The first-order chi connectivity index (χ1) is 10.8. The minimum Gasteiger partial charge on any atom is -0.226 e. The molecule has 0 atom stereocenters. The van der Waals surface area contributed by atoms with Crippen LogP contribution in [0.5, 0.6) is 0 Å². The van der Waals surface area contributed by atoms with E-state index in [2.05, 4.69) is 72.1 Å². The molecule has 2 nitrogen and oxygen atoms in total. The molecule has 0 amide bonds. The molecule has 0 saturated heterocycles. The summed E-state index contributed by atoms with van der Waals surface area (Å²) >= 11 is 0. The second-order valence-corrected chi connectivity index (χ2v) is 5.31. The molecular formula is C20H19N2+. The fraction of sp³-hybridized carbons (Fsp3) is 0.100. The van der Waals surface area contributed by atoms with Crippen LogP contribution < -0.4 is 4.57 Å². The van der Waals surface area contributed by atoms with Crippen molar-refractivity contribution in [1.29, 1.82) is 0 Å². The van der Waals surface area contributed by atoms with E-state index in [0.29, 0.717) is 0 Å². The highest BCUT2D eigenvalue weighted by atomic mass is 15.0. The first kappa shape index (κ1) is 14.2. The molecule has 1 aromatic heterocycles. The van der Waals surface area contributed by atoms with E-state index >= 15 is 0 Å². The molecule has 0 radical (unpaired) electrons. The summed E-state index contributed by atoms with van der Waals surface area (Å²) < 4.78 is 2.13. The van der Waals surface area contributed by atoms with Gasteiger partial charge in [0.15, 0.2) is 0 Å². The molecule has 2 heteroatoms. The van der Waals surface area contributed by atoms with Crippen molar-refractivity contribution in [1.82, 2.24) is 0 Å². The summed E-state index contributed by atoms with van der Waals surface area (Å²) in [5.74, 6) is 0.935. The molecule has 0 N–H and O–H groups in total. The summed E-state index contributed by atoms with van der Waals surface area (Å²) in [4.78, 5) is 4.63. The lowest BCUT2D eigenvalue weighted by Gasteiger charge is -2.07. The molecule has 22 heavy (non-hydrogen) atoms. The number of nitrogens with zero attached hydrogens (tertiary/aromatic N) is 2. The van der Waals surface area contributed by atoms with Crippen LogP contribution in [-0.2, 0) is 7.05 Å². The van der Waals surface area contributed by atoms with Gasteiger partial charge in [0.25, 0.3) is 0 Å². The van der Waals surface area contributed by atoms with E-state index in [4.69, 9.17) is 0 Å². The molecule has 0 aliphatic carbocycles. The average Bonchev–Trinajstić information content (AvgIpc) is 2.56. The third kappa shape index (κ3) is 2.96. The van der Waals surface area contributed by atoms with Crippen molar-refractivity contribution in [3.63, 3.8) is 0 Å². The number of aromatic nitrogens is 1. The van der Waals surface area contributed by atoms with Gasteiger partial charge in [-0.1, -0.05) is 54.6 Å². The molecule has 0 fully saturated rings. The summed E-state index contributed by atoms with van der Waals surface area (Å²) in [5, 5.41) is 0. The monoisotopic (exact) mass is 287 g/mol. The van der Waals surface area contributed by atoms with E-state index in [1.165, 1.54) is 16.8 Å². The van der Waals surface area contributed by atoms with Gasteiger partial charge in [0.05, 0.1) is 7.05 Å². The Morgan fingerprint density at radius 1 is 0.818 bits per heavy atom. The number of benzene rings is 2. The highest BCUT2D eigenvalue weighted by molar-refractivity contribution is 5.81. The van der Waals surface area contributed by atoms with Crippen molar-refractivity contribution in [2.24, 2.45) is 12.0 Å². The fourth-order valence-electron chi connectivity index (χ4n) is 2.51. The van der Waals surface area contributed by atoms with Gasteiger partial charge < -0.3 is 0 Å². The Kier molecular flexibility index (Phi) is 4.10. The largest absolute Gasteiger partial charge is 0.323 e. The highest BCUT2D eigenvalue weighted by Gasteiger charge is 2.12. The van der Waals surface area contributed by atoms with E-state index in [1.54, 1.807) is 0 Å². The Bertz CT molecular complexity index is 805. The summed E-state index contributed by atoms with van der Waals surface area (Å²) in [6, 6.07) is 24.8. The van der Waals surface area contributed by atoms with Crippen LogP contribution in [-0.4, -0.2) is 6.21 Å². The molecule has 0 bridgehead atoms. The quantitative estimate of drug-likeness (QED) is 0.506. The van der Waals surface area contributed by atoms with E-state index in [1.807, 2.05) is 30.5 Å². The van der Waals surface area contributed by atoms with Crippen LogP contribution in [0.15, 0.2) is 77.8 Å². The molecule has 1 heterocycles. The Morgan fingerprint density at radius 2 is 1.55 bits per heavy atom. The van der Waals surface area contributed by atoms with Gasteiger partial charge in [-0.05, 0) is 29.6 Å². The standard InChI is InChI=1S/C20H19N2/c1-16-9-6-7-12-18(16)19-13-8-14-20(22(19)2)21-15-17-10-4-3-5-11-17/h3-15H,1-2H3/q+1. The van der Waals surface area contributed by atoms with Crippen LogP contribution in [0.1, 0.15) is 11.1 Å². The van der Waals surface area contributed by atoms with Crippen LogP contribution in [0.4, 0.5) is 5.82 Å². The van der Waals surface area contributed by atoms with Gasteiger partial charge in [0.1, 0.15) is 11.9 Å².